The van der Waals surface area contributed by atoms with Gasteiger partial charge in [-0.1, -0.05) is 47.6 Å². The lowest BCUT2D eigenvalue weighted by Gasteiger charge is -2.20. The van der Waals surface area contributed by atoms with E-state index in [1.54, 1.807) is 7.11 Å². The molecule has 0 fully saturated rings. The molecule has 1 aromatic heterocycles. The average Bonchev–Trinajstić information content (AvgIpc) is 3.04. The predicted molar refractivity (Wildman–Crippen MR) is 92.1 cm³/mol. The highest BCUT2D eigenvalue weighted by Gasteiger charge is 2.23. The highest BCUT2D eigenvalue weighted by Crippen LogP contribution is 2.25. The van der Waals surface area contributed by atoms with Gasteiger partial charge in [-0.3, -0.25) is 4.90 Å². The molecule has 0 amide bonds. The molecule has 3 aromatic rings. The first-order valence-corrected chi connectivity index (χ1v) is 7.84. The minimum atomic E-state index is -0.0525. The Bertz CT molecular complexity index is 767. The van der Waals surface area contributed by atoms with Crippen LogP contribution in [0.4, 0.5) is 0 Å². The van der Waals surface area contributed by atoms with Gasteiger partial charge in [0.25, 0.3) is 0 Å². The smallest absolute Gasteiger partial charge is 0.248 e. The van der Waals surface area contributed by atoms with Crippen molar-refractivity contribution in [2.45, 2.75) is 12.5 Å². The third kappa shape index (κ3) is 3.63. The number of methoxy groups -OCH3 is 1. The van der Waals surface area contributed by atoms with Gasteiger partial charge >= 0.3 is 0 Å². The highest BCUT2D eigenvalue weighted by atomic mass is 16.5. The van der Waals surface area contributed by atoms with Gasteiger partial charge in [0.2, 0.25) is 5.89 Å². The number of ether oxygens (including phenoxy) is 1. The number of hydrogen-bond donors (Lipinski definition) is 0. The van der Waals surface area contributed by atoms with Crippen LogP contribution in [0.5, 0.6) is 5.75 Å². The maximum Gasteiger partial charge on any atom is 0.248 e. The van der Waals surface area contributed by atoms with E-state index in [0.717, 1.165) is 16.9 Å². The number of nitrogens with zero attached hydrogens (tertiary/aromatic N) is 3. The van der Waals surface area contributed by atoms with Crippen LogP contribution in [0.3, 0.4) is 0 Å². The molecular weight excluding hydrogens is 302 g/mol. The molecule has 0 bridgehead atoms. The van der Waals surface area contributed by atoms with E-state index in [1.165, 1.54) is 0 Å². The summed E-state index contributed by atoms with van der Waals surface area (Å²) in [5.41, 5.74) is 2.24. The molecular formula is C19H21N3O2. The minimum Gasteiger partial charge on any atom is -0.497 e. The van der Waals surface area contributed by atoms with Crippen LogP contribution in [-0.4, -0.2) is 36.2 Å². The zero-order valence-electron chi connectivity index (χ0n) is 14.1. The first kappa shape index (κ1) is 16.2. The van der Waals surface area contributed by atoms with E-state index in [1.807, 2.05) is 56.6 Å². The molecule has 1 atom stereocenters. The standard InChI is InChI=1S/C19H21N3O2/c1-22(2)18(15-7-5-4-6-8-15)19-20-17(21-24-19)13-14-9-11-16(23-3)12-10-14/h4-12,18H,13H2,1-3H3/t18-/m1/s1. The molecule has 1 heterocycles. The van der Waals surface area contributed by atoms with Crippen molar-refractivity contribution in [1.82, 2.24) is 15.0 Å². The van der Waals surface area contributed by atoms with E-state index < -0.39 is 0 Å². The van der Waals surface area contributed by atoms with Crippen molar-refractivity contribution in [2.75, 3.05) is 21.2 Å². The Morgan fingerprint density at radius 2 is 1.75 bits per heavy atom. The van der Waals surface area contributed by atoms with E-state index in [0.29, 0.717) is 18.1 Å². The summed E-state index contributed by atoms with van der Waals surface area (Å²) in [6.07, 6.45) is 0.627. The summed E-state index contributed by atoms with van der Waals surface area (Å²) >= 11 is 0. The fourth-order valence-corrected chi connectivity index (χ4v) is 2.67. The van der Waals surface area contributed by atoms with Gasteiger partial charge < -0.3 is 9.26 Å². The third-order valence-electron chi connectivity index (χ3n) is 3.87. The van der Waals surface area contributed by atoms with Crippen LogP contribution >= 0.6 is 0 Å². The summed E-state index contributed by atoms with van der Waals surface area (Å²) in [5, 5.41) is 4.14. The van der Waals surface area contributed by atoms with Gasteiger partial charge in [-0.2, -0.15) is 4.98 Å². The largest absolute Gasteiger partial charge is 0.497 e. The molecule has 0 unspecified atom stereocenters. The Balaban J connectivity index is 1.80. The molecule has 0 spiro atoms. The van der Waals surface area contributed by atoms with E-state index in [9.17, 15) is 0 Å². The first-order chi connectivity index (χ1) is 11.7. The van der Waals surface area contributed by atoms with Crippen molar-refractivity contribution < 1.29 is 9.26 Å². The summed E-state index contributed by atoms with van der Waals surface area (Å²) < 4.78 is 10.7. The predicted octanol–water partition coefficient (Wildman–Crippen LogP) is 3.32. The third-order valence-corrected chi connectivity index (χ3v) is 3.87. The SMILES string of the molecule is COc1ccc(Cc2noc([C@@H](c3ccccc3)N(C)C)n2)cc1. The molecule has 0 aliphatic rings. The van der Waals surface area contributed by atoms with Gasteiger partial charge in [0.15, 0.2) is 5.82 Å². The van der Waals surface area contributed by atoms with E-state index in [-0.39, 0.29) is 6.04 Å². The molecule has 2 aromatic carbocycles. The zero-order valence-corrected chi connectivity index (χ0v) is 14.1. The Labute approximate surface area is 141 Å². The van der Waals surface area contributed by atoms with Crippen molar-refractivity contribution in [3.63, 3.8) is 0 Å². The van der Waals surface area contributed by atoms with Crippen LogP contribution in [0.25, 0.3) is 0 Å². The molecule has 0 saturated carbocycles. The highest BCUT2D eigenvalue weighted by molar-refractivity contribution is 5.29. The van der Waals surface area contributed by atoms with Crippen LogP contribution in [0.2, 0.25) is 0 Å². The van der Waals surface area contributed by atoms with Gasteiger partial charge in [-0.05, 0) is 37.4 Å². The van der Waals surface area contributed by atoms with Crippen molar-refractivity contribution in [3.05, 3.63) is 77.4 Å². The maximum atomic E-state index is 5.53. The quantitative estimate of drug-likeness (QED) is 0.696. The number of benzene rings is 2. The molecule has 124 valence electrons. The van der Waals surface area contributed by atoms with Crippen LogP contribution in [-0.2, 0) is 6.42 Å². The van der Waals surface area contributed by atoms with E-state index in [4.69, 9.17) is 9.26 Å². The summed E-state index contributed by atoms with van der Waals surface area (Å²) in [6.45, 7) is 0. The van der Waals surface area contributed by atoms with Crippen LogP contribution in [0.15, 0.2) is 59.1 Å². The van der Waals surface area contributed by atoms with Crippen LogP contribution in [0.1, 0.15) is 28.9 Å². The van der Waals surface area contributed by atoms with Gasteiger partial charge in [-0.15, -0.1) is 0 Å². The van der Waals surface area contributed by atoms with Gasteiger partial charge in [0.05, 0.1) is 7.11 Å². The lowest BCUT2D eigenvalue weighted by molar-refractivity contribution is 0.260. The number of hydrogen-bond acceptors (Lipinski definition) is 5. The lowest BCUT2D eigenvalue weighted by atomic mass is 10.1. The first-order valence-electron chi connectivity index (χ1n) is 7.84. The molecule has 3 rings (SSSR count). The molecule has 0 N–H and O–H groups in total. The second-order valence-electron chi connectivity index (χ2n) is 5.85. The van der Waals surface area contributed by atoms with Gasteiger partial charge in [0.1, 0.15) is 11.8 Å². The van der Waals surface area contributed by atoms with Crippen molar-refractivity contribution in [1.29, 1.82) is 0 Å². The number of rotatable bonds is 6. The van der Waals surface area contributed by atoms with E-state index in [2.05, 4.69) is 27.2 Å². The maximum absolute atomic E-state index is 5.53. The van der Waals surface area contributed by atoms with Crippen molar-refractivity contribution in [3.8, 4) is 5.75 Å². The van der Waals surface area contributed by atoms with Crippen molar-refractivity contribution in [2.24, 2.45) is 0 Å². The Morgan fingerprint density at radius 3 is 2.38 bits per heavy atom. The molecule has 24 heavy (non-hydrogen) atoms. The zero-order chi connectivity index (χ0) is 16.9. The fraction of sp³-hybridized carbons (Fsp3) is 0.263. The number of aromatic nitrogens is 2. The Hall–Kier alpha value is -2.66. The van der Waals surface area contributed by atoms with Crippen molar-refractivity contribution >= 4 is 0 Å². The molecule has 0 aliphatic heterocycles. The molecule has 0 radical (unpaired) electrons. The average molecular weight is 323 g/mol. The second kappa shape index (κ2) is 7.27. The van der Waals surface area contributed by atoms with Gasteiger partial charge in [-0.25, -0.2) is 0 Å². The topological polar surface area (TPSA) is 51.4 Å². The molecule has 5 nitrogen and oxygen atoms in total. The monoisotopic (exact) mass is 323 g/mol. The van der Waals surface area contributed by atoms with Crippen LogP contribution in [0, 0.1) is 0 Å². The van der Waals surface area contributed by atoms with Gasteiger partial charge in [0, 0.05) is 6.42 Å². The van der Waals surface area contributed by atoms with Crippen LogP contribution < -0.4 is 4.74 Å². The molecule has 0 aliphatic carbocycles. The molecule has 0 saturated heterocycles. The second-order valence-corrected chi connectivity index (χ2v) is 5.85. The lowest BCUT2D eigenvalue weighted by Crippen LogP contribution is -2.21. The minimum absolute atomic E-state index is 0.0525. The summed E-state index contributed by atoms with van der Waals surface area (Å²) in [7, 11) is 5.67. The Morgan fingerprint density at radius 1 is 1.04 bits per heavy atom. The van der Waals surface area contributed by atoms with E-state index >= 15 is 0 Å². The summed E-state index contributed by atoms with van der Waals surface area (Å²) in [5.74, 6) is 2.12. The molecule has 5 heteroatoms. The summed E-state index contributed by atoms with van der Waals surface area (Å²) in [6, 6.07) is 18.0. The summed E-state index contributed by atoms with van der Waals surface area (Å²) in [4.78, 5) is 6.66. The Kier molecular flexibility index (Phi) is 4.91. The fourth-order valence-electron chi connectivity index (χ4n) is 2.67. The normalized spacial score (nSPS) is 12.3.